The number of H-pyrrole nitrogens is 1. The van der Waals surface area contributed by atoms with Gasteiger partial charge >= 0.3 is 0 Å². The molecule has 1 aliphatic rings. The molecule has 6 nitrogen and oxygen atoms in total. The van der Waals surface area contributed by atoms with Crippen LogP contribution in [-0.4, -0.2) is 40.6 Å². The molecule has 0 amide bonds. The molecule has 0 bridgehead atoms. The van der Waals surface area contributed by atoms with E-state index in [4.69, 9.17) is 11.6 Å². The molecule has 0 fully saturated rings. The van der Waals surface area contributed by atoms with E-state index < -0.39 is 0 Å². The van der Waals surface area contributed by atoms with Crippen molar-refractivity contribution in [3.63, 3.8) is 0 Å². The topological polar surface area (TPSA) is 78.3 Å². The van der Waals surface area contributed by atoms with Crippen LogP contribution in [0.1, 0.15) is 11.3 Å². The molecule has 0 unspecified atom stereocenters. The maximum atomic E-state index is 6.07. The number of amidine groups is 1. The summed E-state index contributed by atoms with van der Waals surface area (Å²) in [4.78, 5) is 8.71. The number of aliphatic imine (C=N–C) groups is 2. The van der Waals surface area contributed by atoms with Gasteiger partial charge in [-0.3, -0.25) is 9.98 Å². The number of hydrogen-bond acceptors (Lipinski definition) is 4. The molecule has 0 saturated carbocycles. The van der Waals surface area contributed by atoms with Gasteiger partial charge in [0.25, 0.3) is 0 Å². The minimum Gasteiger partial charge on any atom is -0.342 e. The number of benzene rings is 1. The molecule has 19 heavy (non-hydrogen) atoms. The highest BCUT2D eigenvalue weighted by atomic mass is 35.5. The van der Waals surface area contributed by atoms with Gasteiger partial charge in [0.1, 0.15) is 11.5 Å². The van der Waals surface area contributed by atoms with Crippen molar-refractivity contribution < 1.29 is 0 Å². The third-order valence-corrected chi connectivity index (χ3v) is 3.07. The highest BCUT2D eigenvalue weighted by Crippen LogP contribution is 2.25. The van der Waals surface area contributed by atoms with Crippen LogP contribution in [0.15, 0.2) is 34.4 Å². The standard InChI is InChI=1S/C12H11ClN6/c1-14-11-6-15-12(10-5-16-19-18-10)8-4-7(13)2-3-9(8)17-11/h2-5H,6H2,1H3,(H,14,17)(H,16,18,19). The second-order valence-corrected chi connectivity index (χ2v) is 4.44. The highest BCUT2D eigenvalue weighted by molar-refractivity contribution is 6.31. The molecule has 0 saturated heterocycles. The normalized spacial score (nSPS) is 16.5. The molecule has 2 N–H and O–H groups in total. The fourth-order valence-electron chi connectivity index (χ4n) is 1.92. The van der Waals surface area contributed by atoms with E-state index in [1.165, 1.54) is 0 Å². The minimum atomic E-state index is 0.463. The average molecular weight is 275 g/mol. The van der Waals surface area contributed by atoms with Gasteiger partial charge in [-0.05, 0) is 18.2 Å². The first-order valence-corrected chi connectivity index (χ1v) is 6.09. The predicted molar refractivity (Wildman–Crippen MR) is 75.3 cm³/mol. The van der Waals surface area contributed by atoms with Crippen LogP contribution < -0.4 is 5.32 Å². The zero-order valence-electron chi connectivity index (χ0n) is 10.2. The number of halogens is 1. The van der Waals surface area contributed by atoms with Crippen molar-refractivity contribution in [3.05, 3.63) is 40.7 Å². The van der Waals surface area contributed by atoms with Crippen LogP contribution in [0.2, 0.25) is 5.02 Å². The van der Waals surface area contributed by atoms with Gasteiger partial charge in [0.05, 0.1) is 18.5 Å². The molecule has 96 valence electrons. The number of rotatable bonds is 1. The lowest BCUT2D eigenvalue weighted by atomic mass is 10.1. The smallest absolute Gasteiger partial charge is 0.131 e. The first-order valence-electron chi connectivity index (χ1n) is 5.71. The molecule has 7 heteroatoms. The molecule has 1 aliphatic heterocycles. The van der Waals surface area contributed by atoms with Gasteiger partial charge in [-0.15, -0.1) is 0 Å². The summed E-state index contributed by atoms with van der Waals surface area (Å²) in [7, 11) is 1.73. The van der Waals surface area contributed by atoms with Crippen LogP contribution in [0.5, 0.6) is 0 Å². The average Bonchev–Trinajstić information content (AvgIpc) is 2.87. The van der Waals surface area contributed by atoms with Crippen molar-refractivity contribution in [3.8, 4) is 0 Å². The SMILES string of the molecule is CN=C1CN=C(c2cn[nH]n2)c2cc(Cl)ccc2N1. The Hall–Kier alpha value is -2.21. The lowest BCUT2D eigenvalue weighted by Gasteiger charge is -2.09. The Labute approximate surface area is 114 Å². The number of aromatic nitrogens is 3. The fraction of sp³-hybridized carbons (Fsp3) is 0.167. The Balaban J connectivity index is 2.19. The maximum Gasteiger partial charge on any atom is 0.131 e. The minimum absolute atomic E-state index is 0.463. The first-order chi connectivity index (χ1) is 9.28. The fourth-order valence-corrected chi connectivity index (χ4v) is 2.09. The Morgan fingerprint density at radius 2 is 2.26 bits per heavy atom. The highest BCUT2D eigenvalue weighted by Gasteiger charge is 2.18. The Morgan fingerprint density at radius 1 is 1.37 bits per heavy atom. The molecule has 1 aromatic heterocycles. The summed E-state index contributed by atoms with van der Waals surface area (Å²) in [6, 6.07) is 5.59. The van der Waals surface area contributed by atoms with Crippen molar-refractivity contribution in [2.24, 2.45) is 9.98 Å². The molecule has 2 heterocycles. The molecular weight excluding hydrogens is 264 g/mol. The zero-order chi connectivity index (χ0) is 13.2. The molecule has 1 aromatic carbocycles. The monoisotopic (exact) mass is 274 g/mol. The van der Waals surface area contributed by atoms with E-state index in [0.717, 1.165) is 22.8 Å². The summed E-state index contributed by atoms with van der Waals surface area (Å²) in [5.74, 6) is 0.794. The van der Waals surface area contributed by atoms with Gasteiger partial charge < -0.3 is 5.32 Å². The summed E-state index contributed by atoms with van der Waals surface area (Å²) in [6.45, 7) is 0.463. The lowest BCUT2D eigenvalue weighted by Crippen LogP contribution is -2.14. The summed E-state index contributed by atoms with van der Waals surface area (Å²) < 4.78 is 0. The van der Waals surface area contributed by atoms with Crippen LogP contribution in [0, 0.1) is 0 Å². The van der Waals surface area contributed by atoms with Crippen molar-refractivity contribution in [1.29, 1.82) is 0 Å². The maximum absolute atomic E-state index is 6.07. The first kappa shape index (κ1) is 11.9. The van der Waals surface area contributed by atoms with E-state index in [9.17, 15) is 0 Å². The van der Waals surface area contributed by atoms with Crippen molar-refractivity contribution >= 4 is 28.8 Å². The van der Waals surface area contributed by atoms with Gasteiger partial charge in [-0.25, -0.2) is 0 Å². The Bertz CT molecular complexity index is 659. The second kappa shape index (κ2) is 4.81. The summed E-state index contributed by atoms with van der Waals surface area (Å²) in [5.41, 5.74) is 3.23. The van der Waals surface area contributed by atoms with E-state index in [0.29, 0.717) is 17.3 Å². The molecule has 0 radical (unpaired) electrons. The van der Waals surface area contributed by atoms with Gasteiger partial charge in [-0.1, -0.05) is 11.6 Å². The third-order valence-electron chi connectivity index (χ3n) is 2.83. The van der Waals surface area contributed by atoms with Crippen LogP contribution >= 0.6 is 11.6 Å². The van der Waals surface area contributed by atoms with E-state index >= 15 is 0 Å². The molecule has 0 spiro atoms. The van der Waals surface area contributed by atoms with Crippen LogP contribution in [-0.2, 0) is 0 Å². The number of nitrogens with zero attached hydrogens (tertiary/aromatic N) is 4. The van der Waals surface area contributed by atoms with Gasteiger partial charge in [-0.2, -0.15) is 15.4 Å². The molecule has 0 atom stereocenters. The zero-order valence-corrected chi connectivity index (χ0v) is 10.9. The van der Waals surface area contributed by atoms with Crippen LogP contribution in [0.3, 0.4) is 0 Å². The summed E-state index contributed by atoms with van der Waals surface area (Å²) >= 11 is 6.07. The molecule has 2 aromatic rings. The summed E-state index contributed by atoms with van der Waals surface area (Å²) in [6.07, 6.45) is 1.64. The molecule has 0 aliphatic carbocycles. The number of anilines is 1. The number of aromatic amines is 1. The van der Waals surface area contributed by atoms with Gasteiger partial charge in [0.2, 0.25) is 0 Å². The quantitative estimate of drug-likeness (QED) is 0.831. The Morgan fingerprint density at radius 3 is 3.00 bits per heavy atom. The van der Waals surface area contributed by atoms with E-state index in [1.54, 1.807) is 13.2 Å². The number of nitrogens with one attached hydrogen (secondary N) is 2. The number of benzodiazepines with no additional fused rings is 1. The summed E-state index contributed by atoms with van der Waals surface area (Å²) in [5, 5.41) is 14.4. The Kier molecular flexibility index (Phi) is 3.00. The third kappa shape index (κ3) is 2.22. The lowest BCUT2D eigenvalue weighted by molar-refractivity contribution is 0.937. The van der Waals surface area contributed by atoms with E-state index in [1.807, 2.05) is 18.2 Å². The number of hydrogen-bond donors (Lipinski definition) is 2. The predicted octanol–water partition coefficient (Wildman–Crippen LogP) is 1.75. The number of fused-ring (bicyclic) bond motifs is 1. The van der Waals surface area contributed by atoms with Crippen molar-refractivity contribution in [2.45, 2.75) is 0 Å². The van der Waals surface area contributed by atoms with E-state index in [2.05, 4.69) is 30.7 Å². The largest absolute Gasteiger partial charge is 0.342 e. The molecular formula is C12H11ClN6. The van der Waals surface area contributed by atoms with Crippen LogP contribution in [0.4, 0.5) is 5.69 Å². The van der Waals surface area contributed by atoms with Gasteiger partial charge in [0.15, 0.2) is 0 Å². The van der Waals surface area contributed by atoms with E-state index in [-0.39, 0.29) is 0 Å². The van der Waals surface area contributed by atoms with Crippen molar-refractivity contribution in [2.75, 3.05) is 18.9 Å². The van der Waals surface area contributed by atoms with Gasteiger partial charge in [0, 0.05) is 23.3 Å². The van der Waals surface area contributed by atoms with Crippen LogP contribution in [0.25, 0.3) is 0 Å². The second-order valence-electron chi connectivity index (χ2n) is 4.01. The molecule has 3 rings (SSSR count). The van der Waals surface area contributed by atoms with Crippen molar-refractivity contribution in [1.82, 2.24) is 15.4 Å².